The first-order valence-electron chi connectivity index (χ1n) is 6.22. The van der Waals surface area contributed by atoms with E-state index in [0.29, 0.717) is 6.54 Å². The average molecular weight is 285 g/mol. The highest BCUT2D eigenvalue weighted by atomic mass is 32.2. The van der Waals surface area contributed by atoms with Gasteiger partial charge in [0.1, 0.15) is 0 Å². The molecular weight excluding hydrogens is 266 g/mol. The van der Waals surface area contributed by atoms with Crippen molar-refractivity contribution < 1.29 is 9.90 Å². The van der Waals surface area contributed by atoms with E-state index >= 15 is 0 Å². The molecule has 1 amide bonds. The van der Waals surface area contributed by atoms with Gasteiger partial charge in [0.05, 0.1) is 11.5 Å². The van der Waals surface area contributed by atoms with Gasteiger partial charge in [-0.2, -0.15) is 11.8 Å². The van der Waals surface area contributed by atoms with Crippen molar-refractivity contribution in [2.45, 2.75) is 31.3 Å². The van der Waals surface area contributed by atoms with Gasteiger partial charge in [-0.05, 0) is 42.7 Å². The zero-order valence-electron chi connectivity index (χ0n) is 10.5. The maximum Gasteiger partial charge on any atom is 0.228 e. The van der Waals surface area contributed by atoms with Gasteiger partial charge >= 0.3 is 0 Å². The highest BCUT2D eigenvalue weighted by Gasteiger charge is 2.30. The molecule has 5 heteroatoms. The molecule has 1 aromatic rings. The maximum absolute atomic E-state index is 12.0. The Morgan fingerprint density at radius 1 is 1.56 bits per heavy atom. The molecular formula is C13H19NO2S2. The zero-order valence-corrected chi connectivity index (χ0v) is 12.1. The Bertz CT molecular complexity index is 386. The first-order chi connectivity index (χ1) is 8.61. The van der Waals surface area contributed by atoms with Gasteiger partial charge in [-0.3, -0.25) is 4.79 Å². The normalized spacial score (nSPS) is 20.3. The Morgan fingerprint density at radius 3 is 2.89 bits per heavy atom. The predicted molar refractivity (Wildman–Crippen MR) is 77.3 cm³/mol. The minimum Gasteiger partial charge on any atom is -0.388 e. The predicted octanol–water partition coefficient (Wildman–Crippen LogP) is 2.23. The lowest BCUT2D eigenvalue weighted by atomic mass is 9.96. The topological polar surface area (TPSA) is 49.3 Å². The summed E-state index contributed by atoms with van der Waals surface area (Å²) < 4.78 is 0. The fourth-order valence-electron chi connectivity index (χ4n) is 2.00. The Kier molecular flexibility index (Phi) is 4.70. The SMILES string of the molecule is C[C@H](C(=O)NCC1(O)CCSCC1)c1cccs1. The van der Waals surface area contributed by atoms with E-state index in [-0.39, 0.29) is 11.8 Å². The van der Waals surface area contributed by atoms with Gasteiger partial charge in [-0.25, -0.2) is 0 Å². The molecule has 1 aliphatic rings. The molecule has 18 heavy (non-hydrogen) atoms. The van der Waals surface area contributed by atoms with Gasteiger partial charge in [0, 0.05) is 11.4 Å². The highest BCUT2D eigenvalue weighted by Crippen LogP contribution is 2.26. The second kappa shape index (κ2) is 6.08. The van der Waals surface area contributed by atoms with Crippen molar-refractivity contribution in [1.29, 1.82) is 0 Å². The van der Waals surface area contributed by atoms with Crippen LogP contribution in [0.4, 0.5) is 0 Å². The highest BCUT2D eigenvalue weighted by molar-refractivity contribution is 7.99. The first kappa shape index (κ1) is 13.9. The first-order valence-corrected chi connectivity index (χ1v) is 8.25. The van der Waals surface area contributed by atoms with Crippen LogP contribution in [-0.4, -0.2) is 34.7 Å². The average Bonchev–Trinajstić information content (AvgIpc) is 2.90. The fraction of sp³-hybridized carbons (Fsp3) is 0.615. The number of thioether (sulfide) groups is 1. The Labute approximate surface area is 116 Å². The van der Waals surface area contributed by atoms with Crippen molar-refractivity contribution in [3.63, 3.8) is 0 Å². The van der Waals surface area contributed by atoms with E-state index in [1.165, 1.54) is 0 Å². The Balaban J connectivity index is 1.84. The Hall–Kier alpha value is -0.520. The fourth-order valence-corrected chi connectivity index (χ4v) is 4.04. The second-order valence-corrected chi connectivity index (χ2v) is 7.00. The standard InChI is InChI=1S/C13H19NO2S2/c1-10(11-3-2-6-18-11)12(15)14-9-13(16)4-7-17-8-5-13/h2-3,6,10,16H,4-5,7-9H2,1H3,(H,14,15)/t10-/m0/s1. The van der Waals surface area contributed by atoms with Gasteiger partial charge < -0.3 is 10.4 Å². The number of carbonyl (C=O) groups excluding carboxylic acids is 1. The monoisotopic (exact) mass is 285 g/mol. The summed E-state index contributed by atoms with van der Waals surface area (Å²) in [6.07, 6.45) is 1.54. The summed E-state index contributed by atoms with van der Waals surface area (Å²) in [5.41, 5.74) is -0.698. The lowest BCUT2D eigenvalue weighted by molar-refractivity contribution is -0.123. The van der Waals surface area contributed by atoms with Gasteiger partial charge in [0.2, 0.25) is 5.91 Å². The molecule has 2 N–H and O–H groups in total. The summed E-state index contributed by atoms with van der Waals surface area (Å²) in [5.74, 6) is 1.83. The number of hydrogen-bond donors (Lipinski definition) is 2. The van der Waals surface area contributed by atoms with Crippen molar-refractivity contribution in [2.75, 3.05) is 18.1 Å². The molecule has 1 fully saturated rings. The van der Waals surface area contributed by atoms with Crippen LogP contribution in [0.3, 0.4) is 0 Å². The zero-order chi connectivity index (χ0) is 13.0. The molecule has 1 saturated heterocycles. The minimum absolute atomic E-state index is 0.00380. The summed E-state index contributed by atoms with van der Waals surface area (Å²) >= 11 is 3.46. The van der Waals surface area contributed by atoms with Crippen LogP contribution >= 0.6 is 23.1 Å². The van der Waals surface area contributed by atoms with Crippen LogP contribution in [-0.2, 0) is 4.79 Å². The molecule has 3 nitrogen and oxygen atoms in total. The molecule has 2 heterocycles. The summed E-state index contributed by atoms with van der Waals surface area (Å²) in [4.78, 5) is 13.1. The van der Waals surface area contributed by atoms with Crippen molar-refractivity contribution in [2.24, 2.45) is 0 Å². The number of aliphatic hydroxyl groups is 1. The maximum atomic E-state index is 12.0. The van der Waals surface area contributed by atoms with Gasteiger partial charge in [-0.15, -0.1) is 11.3 Å². The molecule has 2 rings (SSSR count). The number of amides is 1. The lowest BCUT2D eigenvalue weighted by Gasteiger charge is -2.32. The van der Waals surface area contributed by atoms with Gasteiger partial charge in [-0.1, -0.05) is 6.07 Å². The van der Waals surface area contributed by atoms with E-state index in [2.05, 4.69) is 5.32 Å². The molecule has 0 aliphatic carbocycles. The third-order valence-corrected chi connectivity index (χ3v) is 5.42. The summed E-state index contributed by atoms with van der Waals surface area (Å²) in [6, 6.07) is 3.93. The van der Waals surface area contributed by atoms with Crippen molar-refractivity contribution in [3.8, 4) is 0 Å². The van der Waals surface area contributed by atoms with Crippen LogP contribution in [0.5, 0.6) is 0 Å². The summed E-state index contributed by atoms with van der Waals surface area (Å²) in [5, 5.41) is 15.2. The van der Waals surface area contributed by atoms with E-state index in [1.807, 2.05) is 36.2 Å². The van der Waals surface area contributed by atoms with E-state index in [0.717, 1.165) is 29.2 Å². The van der Waals surface area contributed by atoms with Crippen molar-refractivity contribution in [1.82, 2.24) is 5.32 Å². The van der Waals surface area contributed by atoms with Crippen LogP contribution in [0, 0.1) is 0 Å². The molecule has 0 bridgehead atoms. The number of rotatable bonds is 4. The third-order valence-electron chi connectivity index (χ3n) is 3.38. The van der Waals surface area contributed by atoms with Gasteiger partial charge in [0.15, 0.2) is 0 Å². The van der Waals surface area contributed by atoms with Crippen LogP contribution in [0.25, 0.3) is 0 Å². The molecule has 0 radical (unpaired) electrons. The Morgan fingerprint density at radius 2 is 2.28 bits per heavy atom. The van der Waals surface area contributed by atoms with Crippen LogP contribution in [0.15, 0.2) is 17.5 Å². The molecule has 0 unspecified atom stereocenters. The molecule has 0 aromatic carbocycles. The van der Waals surface area contributed by atoms with Gasteiger partial charge in [0.25, 0.3) is 0 Å². The number of nitrogens with one attached hydrogen (secondary N) is 1. The smallest absolute Gasteiger partial charge is 0.228 e. The molecule has 0 saturated carbocycles. The quantitative estimate of drug-likeness (QED) is 0.892. The third kappa shape index (κ3) is 3.49. The number of carbonyl (C=O) groups is 1. The molecule has 0 spiro atoms. The van der Waals surface area contributed by atoms with E-state index in [9.17, 15) is 9.90 Å². The van der Waals surface area contributed by atoms with E-state index in [1.54, 1.807) is 11.3 Å². The van der Waals surface area contributed by atoms with Crippen LogP contribution in [0.1, 0.15) is 30.6 Å². The number of hydrogen-bond acceptors (Lipinski definition) is 4. The molecule has 1 atom stereocenters. The minimum atomic E-state index is -0.698. The molecule has 1 aliphatic heterocycles. The molecule has 100 valence electrons. The van der Waals surface area contributed by atoms with Crippen molar-refractivity contribution >= 4 is 29.0 Å². The van der Waals surface area contributed by atoms with E-state index in [4.69, 9.17) is 0 Å². The summed E-state index contributed by atoms with van der Waals surface area (Å²) in [6.45, 7) is 2.28. The number of thiophene rings is 1. The van der Waals surface area contributed by atoms with Crippen molar-refractivity contribution in [3.05, 3.63) is 22.4 Å². The lowest BCUT2D eigenvalue weighted by Crippen LogP contribution is -2.46. The molecule has 1 aromatic heterocycles. The van der Waals surface area contributed by atoms with E-state index < -0.39 is 5.60 Å². The van der Waals surface area contributed by atoms with Crippen LogP contribution < -0.4 is 5.32 Å². The second-order valence-electron chi connectivity index (χ2n) is 4.79. The van der Waals surface area contributed by atoms with Crippen LogP contribution in [0.2, 0.25) is 0 Å². The largest absolute Gasteiger partial charge is 0.388 e. The summed E-state index contributed by atoms with van der Waals surface area (Å²) in [7, 11) is 0.